The van der Waals surface area contributed by atoms with Crippen LogP contribution in [0.2, 0.25) is 0 Å². The van der Waals surface area contributed by atoms with Crippen molar-refractivity contribution < 1.29 is 0 Å². The lowest BCUT2D eigenvalue weighted by Crippen LogP contribution is -2.52. The van der Waals surface area contributed by atoms with Gasteiger partial charge in [-0.2, -0.15) is 0 Å². The Balaban J connectivity index is 0.00000161. The molecule has 1 N–H and O–H groups in total. The van der Waals surface area contributed by atoms with Crippen LogP contribution in [-0.4, -0.2) is 38.0 Å². The maximum absolute atomic E-state index is 4.40. The Hall–Kier alpha value is -0.780. The summed E-state index contributed by atoms with van der Waals surface area (Å²) in [5, 5.41) is 3.24. The largest absolute Gasteiger partial charge is 0.359 e. The topological polar surface area (TPSA) is 27.6 Å². The molecule has 1 aliphatic heterocycles. The maximum Gasteiger partial charge on any atom is 0.193 e. The molecule has 116 valence electrons. The van der Waals surface area contributed by atoms with E-state index < -0.39 is 0 Å². The van der Waals surface area contributed by atoms with E-state index in [9.17, 15) is 0 Å². The summed E-state index contributed by atoms with van der Waals surface area (Å²) < 4.78 is 0. The number of hydrogen-bond acceptors (Lipinski definition) is 1. The Morgan fingerprint density at radius 2 is 2.00 bits per heavy atom. The number of halogens is 1. The summed E-state index contributed by atoms with van der Waals surface area (Å²) in [6.45, 7) is 2.23. The molecule has 2 aliphatic rings. The second-order valence-corrected chi connectivity index (χ2v) is 6.11. The number of fused-ring (bicyclic) bond motifs is 2. The van der Waals surface area contributed by atoms with E-state index in [-0.39, 0.29) is 24.0 Å². The third kappa shape index (κ3) is 3.05. The van der Waals surface area contributed by atoms with Crippen molar-refractivity contribution >= 4 is 29.9 Å². The summed E-state index contributed by atoms with van der Waals surface area (Å²) in [5.74, 6) is 1.03. The highest BCUT2D eigenvalue weighted by Gasteiger charge is 2.40. The fourth-order valence-electron chi connectivity index (χ4n) is 4.16. The zero-order chi connectivity index (χ0) is 14.0. The van der Waals surface area contributed by atoms with Crippen molar-refractivity contribution in [3.63, 3.8) is 0 Å². The van der Waals surface area contributed by atoms with Crippen molar-refractivity contribution in [2.45, 2.75) is 37.5 Å². The minimum atomic E-state index is 0. The molecule has 4 heteroatoms. The van der Waals surface area contributed by atoms with E-state index in [0.29, 0.717) is 5.41 Å². The van der Waals surface area contributed by atoms with Gasteiger partial charge in [-0.15, -0.1) is 24.0 Å². The molecule has 0 bridgehead atoms. The number of likely N-dealkylation sites (tertiary alicyclic amines) is 1. The predicted molar refractivity (Wildman–Crippen MR) is 99.7 cm³/mol. The van der Waals surface area contributed by atoms with Crippen LogP contribution in [-0.2, 0) is 11.8 Å². The van der Waals surface area contributed by atoms with Gasteiger partial charge in [-0.1, -0.05) is 24.3 Å². The zero-order valence-corrected chi connectivity index (χ0v) is 15.4. The molecule has 0 radical (unpaired) electrons. The molecule has 0 aromatic heterocycles. The minimum absolute atomic E-state index is 0. The smallest absolute Gasteiger partial charge is 0.193 e. The SMILES string of the molecule is CN=C(NC)N1CCCC2(CCCc3ccccc32)C1.I. The average Bonchev–Trinajstić information content (AvgIpc) is 2.49. The number of hydrogen-bond donors (Lipinski definition) is 1. The van der Waals surface area contributed by atoms with Crippen LogP contribution in [0, 0.1) is 0 Å². The van der Waals surface area contributed by atoms with Gasteiger partial charge < -0.3 is 10.2 Å². The molecule has 1 atom stereocenters. The van der Waals surface area contributed by atoms with Gasteiger partial charge in [0.1, 0.15) is 0 Å². The molecule has 0 amide bonds. The number of piperidine rings is 1. The summed E-state index contributed by atoms with van der Waals surface area (Å²) in [7, 11) is 3.85. The molecule has 1 aromatic carbocycles. The van der Waals surface area contributed by atoms with E-state index in [4.69, 9.17) is 0 Å². The first kappa shape index (κ1) is 16.6. The Morgan fingerprint density at radius 1 is 1.24 bits per heavy atom. The number of benzene rings is 1. The Morgan fingerprint density at radius 3 is 2.76 bits per heavy atom. The molecule has 1 fully saturated rings. The second kappa shape index (κ2) is 6.99. The fourth-order valence-corrected chi connectivity index (χ4v) is 4.16. The molecule has 1 aliphatic carbocycles. The van der Waals surface area contributed by atoms with Gasteiger partial charge in [-0.05, 0) is 43.2 Å². The molecule has 0 saturated carbocycles. The van der Waals surface area contributed by atoms with Crippen molar-refractivity contribution in [2.24, 2.45) is 4.99 Å². The summed E-state index contributed by atoms with van der Waals surface area (Å²) >= 11 is 0. The van der Waals surface area contributed by atoms with Gasteiger partial charge in [0.05, 0.1) is 0 Å². The number of nitrogens with zero attached hydrogens (tertiary/aromatic N) is 2. The predicted octanol–water partition coefficient (Wildman–Crippen LogP) is 3.18. The lowest BCUT2D eigenvalue weighted by molar-refractivity contribution is 0.189. The third-order valence-electron chi connectivity index (χ3n) is 5.00. The summed E-state index contributed by atoms with van der Waals surface area (Å²) in [4.78, 5) is 6.83. The number of rotatable bonds is 0. The van der Waals surface area contributed by atoms with Crippen LogP contribution >= 0.6 is 24.0 Å². The van der Waals surface area contributed by atoms with E-state index in [1.54, 1.807) is 11.1 Å². The highest BCUT2D eigenvalue weighted by molar-refractivity contribution is 14.0. The first-order valence-electron chi connectivity index (χ1n) is 7.77. The second-order valence-electron chi connectivity index (χ2n) is 6.11. The molecular formula is C17H26IN3. The monoisotopic (exact) mass is 399 g/mol. The summed E-state index contributed by atoms with van der Waals surface area (Å²) in [6.07, 6.45) is 6.47. The lowest BCUT2D eigenvalue weighted by Gasteiger charge is -2.47. The highest BCUT2D eigenvalue weighted by atomic mass is 127. The van der Waals surface area contributed by atoms with Gasteiger partial charge in [-0.3, -0.25) is 4.99 Å². The molecule has 1 aromatic rings. The third-order valence-corrected chi connectivity index (χ3v) is 5.00. The van der Waals surface area contributed by atoms with Crippen LogP contribution in [0.25, 0.3) is 0 Å². The van der Waals surface area contributed by atoms with E-state index >= 15 is 0 Å². The Kier molecular flexibility index (Phi) is 5.52. The molecular weight excluding hydrogens is 373 g/mol. The van der Waals surface area contributed by atoms with Crippen LogP contribution in [0.5, 0.6) is 0 Å². The molecule has 3 rings (SSSR count). The Labute approximate surface area is 145 Å². The fraction of sp³-hybridized carbons (Fsp3) is 0.588. The van der Waals surface area contributed by atoms with Crippen LogP contribution < -0.4 is 5.32 Å². The van der Waals surface area contributed by atoms with Gasteiger partial charge in [0, 0.05) is 32.6 Å². The summed E-state index contributed by atoms with van der Waals surface area (Å²) in [6, 6.07) is 9.07. The molecule has 1 saturated heterocycles. The first-order chi connectivity index (χ1) is 9.79. The molecule has 1 heterocycles. The number of guanidine groups is 1. The minimum Gasteiger partial charge on any atom is -0.359 e. The van der Waals surface area contributed by atoms with Crippen molar-refractivity contribution in [1.29, 1.82) is 0 Å². The zero-order valence-electron chi connectivity index (χ0n) is 13.1. The van der Waals surface area contributed by atoms with Crippen molar-refractivity contribution in [1.82, 2.24) is 10.2 Å². The van der Waals surface area contributed by atoms with Crippen molar-refractivity contribution in [3.8, 4) is 0 Å². The quantitative estimate of drug-likeness (QED) is 0.412. The van der Waals surface area contributed by atoms with Crippen LogP contribution in [0.15, 0.2) is 29.3 Å². The number of aryl methyl sites for hydroxylation is 1. The van der Waals surface area contributed by atoms with Crippen molar-refractivity contribution in [2.75, 3.05) is 27.2 Å². The van der Waals surface area contributed by atoms with E-state index in [2.05, 4.69) is 39.5 Å². The normalized spacial score (nSPS) is 25.2. The van der Waals surface area contributed by atoms with Gasteiger partial charge >= 0.3 is 0 Å². The first-order valence-corrected chi connectivity index (χ1v) is 7.77. The molecule has 1 spiro atoms. The maximum atomic E-state index is 4.40. The van der Waals surface area contributed by atoms with Crippen LogP contribution in [0.1, 0.15) is 36.8 Å². The standard InChI is InChI=1S/C17H25N3.HI/c1-18-16(19-2)20-12-6-11-17(13-20)10-5-8-14-7-3-4-9-15(14)17;/h3-4,7,9H,5-6,8,10-13H2,1-2H3,(H,18,19);1H. The van der Waals surface area contributed by atoms with Gasteiger partial charge in [0.15, 0.2) is 5.96 Å². The number of nitrogens with one attached hydrogen (secondary N) is 1. The van der Waals surface area contributed by atoms with Crippen LogP contribution in [0.3, 0.4) is 0 Å². The average molecular weight is 399 g/mol. The van der Waals surface area contributed by atoms with Gasteiger partial charge in [0.25, 0.3) is 0 Å². The van der Waals surface area contributed by atoms with E-state index in [0.717, 1.165) is 19.0 Å². The van der Waals surface area contributed by atoms with Crippen LogP contribution in [0.4, 0.5) is 0 Å². The highest BCUT2D eigenvalue weighted by Crippen LogP contribution is 2.43. The molecule has 1 unspecified atom stereocenters. The van der Waals surface area contributed by atoms with E-state index in [1.807, 2.05) is 14.1 Å². The Bertz CT molecular complexity index is 515. The lowest BCUT2D eigenvalue weighted by atomic mass is 9.66. The van der Waals surface area contributed by atoms with Gasteiger partial charge in [-0.25, -0.2) is 0 Å². The van der Waals surface area contributed by atoms with Gasteiger partial charge in [0.2, 0.25) is 0 Å². The number of aliphatic imine (C=N–C) groups is 1. The van der Waals surface area contributed by atoms with E-state index in [1.165, 1.54) is 32.1 Å². The molecule has 21 heavy (non-hydrogen) atoms. The molecule has 3 nitrogen and oxygen atoms in total. The van der Waals surface area contributed by atoms with Crippen molar-refractivity contribution in [3.05, 3.63) is 35.4 Å². The summed E-state index contributed by atoms with van der Waals surface area (Å²) in [5.41, 5.74) is 3.52.